The first kappa shape index (κ1) is 16.9. The average molecular weight is 345 g/mol. The van der Waals surface area contributed by atoms with Gasteiger partial charge < -0.3 is 15.2 Å². The van der Waals surface area contributed by atoms with Crippen molar-refractivity contribution in [2.75, 3.05) is 18.9 Å². The van der Waals surface area contributed by atoms with Crippen LogP contribution in [0, 0.1) is 0 Å². The molecule has 0 saturated heterocycles. The molecule has 112 valence electrons. The van der Waals surface area contributed by atoms with Gasteiger partial charge >= 0.3 is 6.09 Å². The normalized spacial score (nSPS) is 12.9. The van der Waals surface area contributed by atoms with Crippen LogP contribution in [0.2, 0.25) is 0 Å². The maximum absolute atomic E-state index is 11.8. The van der Waals surface area contributed by atoms with Crippen LogP contribution < -0.4 is 10.6 Å². The van der Waals surface area contributed by atoms with Gasteiger partial charge in [-0.15, -0.1) is 0 Å². The Labute approximate surface area is 127 Å². The standard InChI is InChI=1S/C14H21BrN2O3/c1-14(2,3)20-13(19)17-11-7-9(5-6-10(11)15)12(18)8-16-4/h5-7,12,16,18H,8H2,1-4H3,(H,17,19). The van der Waals surface area contributed by atoms with Gasteiger partial charge in [0.2, 0.25) is 0 Å². The number of anilines is 1. The van der Waals surface area contributed by atoms with Crippen LogP contribution in [0.5, 0.6) is 0 Å². The Bertz CT molecular complexity index is 472. The molecule has 3 N–H and O–H groups in total. The monoisotopic (exact) mass is 344 g/mol. The van der Waals surface area contributed by atoms with Crippen LogP contribution in [0.1, 0.15) is 32.4 Å². The molecule has 20 heavy (non-hydrogen) atoms. The third-order valence-corrected chi connectivity index (χ3v) is 3.10. The van der Waals surface area contributed by atoms with E-state index >= 15 is 0 Å². The number of halogens is 1. The van der Waals surface area contributed by atoms with Crippen molar-refractivity contribution < 1.29 is 14.6 Å². The third kappa shape index (κ3) is 5.48. The number of ether oxygens (including phenoxy) is 1. The lowest BCUT2D eigenvalue weighted by molar-refractivity contribution is 0.0635. The van der Waals surface area contributed by atoms with Crippen LogP contribution in [0.15, 0.2) is 22.7 Å². The van der Waals surface area contributed by atoms with E-state index in [2.05, 4.69) is 26.6 Å². The minimum atomic E-state index is -0.632. The number of carbonyl (C=O) groups is 1. The zero-order valence-electron chi connectivity index (χ0n) is 12.2. The highest BCUT2D eigenvalue weighted by atomic mass is 79.9. The second-order valence-corrected chi connectivity index (χ2v) is 6.29. The van der Waals surface area contributed by atoms with E-state index in [0.717, 1.165) is 4.47 Å². The molecule has 1 unspecified atom stereocenters. The first-order valence-corrected chi connectivity index (χ1v) is 7.14. The van der Waals surface area contributed by atoms with Gasteiger partial charge in [-0.25, -0.2) is 4.79 Å². The number of nitrogens with one attached hydrogen (secondary N) is 2. The largest absolute Gasteiger partial charge is 0.444 e. The number of amides is 1. The smallest absolute Gasteiger partial charge is 0.412 e. The fourth-order valence-electron chi connectivity index (χ4n) is 1.57. The Hall–Kier alpha value is -1.11. The van der Waals surface area contributed by atoms with Crippen molar-refractivity contribution in [3.63, 3.8) is 0 Å². The summed E-state index contributed by atoms with van der Waals surface area (Å²) in [5, 5.41) is 15.5. The van der Waals surface area contributed by atoms with Gasteiger partial charge in [0.25, 0.3) is 0 Å². The van der Waals surface area contributed by atoms with Crippen molar-refractivity contribution in [1.29, 1.82) is 0 Å². The first-order valence-electron chi connectivity index (χ1n) is 6.35. The number of carbonyl (C=O) groups excluding carboxylic acids is 1. The third-order valence-electron chi connectivity index (χ3n) is 2.41. The maximum Gasteiger partial charge on any atom is 0.412 e. The van der Waals surface area contributed by atoms with Gasteiger partial charge in [0.05, 0.1) is 11.8 Å². The molecular weight excluding hydrogens is 324 g/mol. The van der Waals surface area contributed by atoms with Crippen LogP contribution in [0.3, 0.4) is 0 Å². The maximum atomic E-state index is 11.8. The van der Waals surface area contributed by atoms with E-state index in [1.807, 2.05) is 0 Å². The Balaban J connectivity index is 2.84. The summed E-state index contributed by atoms with van der Waals surface area (Å²) in [4.78, 5) is 11.8. The van der Waals surface area contributed by atoms with E-state index in [1.54, 1.807) is 46.0 Å². The molecule has 0 fully saturated rings. The molecule has 0 aliphatic rings. The van der Waals surface area contributed by atoms with Gasteiger partial charge in [-0.05, 0) is 61.4 Å². The van der Waals surface area contributed by atoms with Gasteiger partial charge in [0, 0.05) is 11.0 Å². The van der Waals surface area contributed by atoms with E-state index in [0.29, 0.717) is 17.8 Å². The molecule has 0 aromatic heterocycles. The number of hydrogen-bond acceptors (Lipinski definition) is 4. The highest BCUT2D eigenvalue weighted by Gasteiger charge is 2.17. The summed E-state index contributed by atoms with van der Waals surface area (Å²) in [6.07, 6.45) is -1.16. The van der Waals surface area contributed by atoms with Crippen molar-refractivity contribution in [3.05, 3.63) is 28.2 Å². The number of benzene rings is 1. The molecule has 0 spiro atoms. The summed E-state index contributed by atoms with van der Waals surface area (Å²) < 4.78 is 5.92. The van der Waals surface area contributed by atoms with Gasteiger partial charge in [-0.1, -0.05) is 6.07 Å². The van der Waals surface area contributed by atoms with E-state index in [9.17, 15) is 9.90 Å². The first-order chi connectivity index (χ1) is 9.23. The minimum absolute atomic E-state index is 0.438. The van der Waals surface area contributed by atoms with Crippen LogP contribution in [-0.2, 0) is 4.74 Å². The highest BCUT2D eigenvalue weighted by Crippen LogP contribution is 2.27. The van der Waals surface area contributed by atoms with Crippen LogP contribution >= 0.6 is 15.9 Å². The number of likely N-dealkylation sites (N-methyl/N-ethyl adjacent to an activating group) is 1. The number of aliphatic hydroxyl groups excluding tert-OH is 1. The topological polar surface area (TPSA) is 70.6 Å². The summed E-state index contributed by atoms with van der Waals surface area (Å²) in [6, 6.07) is 5.29. The SMILES string of the molecule is CNCC(O)c1ccc(Br)c(NC(=O)OC(C)(C)C)c1. The molecule has 0 saturated carbocycles. The van der Waals surface area contributed by atoms with E-state index in [-0.39, 0.29) is 0 Å². The van der Waals surface area contributed by atoms with Crippen molar-refractivity contribution >= 4 is 27.7 Å². The number of rotatable bonds is 4. The molecule has 6 heteroatoms. The molecule has 0 radical (unpaired) electrons. The Morgan fingerprint density at radius 1 is 1.45 bits per heavy atom. The second kappa shape index (κ2) is 7.06. The van der Waals surface area contributed by atoms with Crippen molar-refractivity contribution in [2.45, 2.75) is 32.5 Å². The molecule has 1 aromatic rings. The molecule has 5 nitrogen and oxygen atoms in total. The average Bonchev–Trinajstić information content (AvgIpc) is 2.29. The summed E-state index contributed by atoms with van der Waals surface area (Å²) in [6.45, 7) is 5.84. The lowest BCUT2D eigenvalue weighted by atomic mass is 10.1. The Morgan fingerprint density at radius 3 is 2.65 bits per heavy atom. The Kier molecular flexibility index (Phi) is 5.98. The number of aliphatic hydroxyl groups is 1. The summed E-state index contributed by atoms with van der Waals surface area (Å²) in [7, 11) is 1.77. The van der Waals surface area contributed by atoms with Crippen LogP contribution in [0.4, 0.5) is 10.5 Å². The summed E-state index contributed by atoms with van der Waals surface area (Å²) in [5.74, 6) is 0. The molecule has 1 atom stereocenters. The predicted octanol–water partition coefficient (Wildman–Crippen LogP) is 3.05. The van der Waals surface area contributed by atoms with Gasteiger partial charge in [0.1, 0.15) is 5.60 Å². The van der Waals surface area contributed by atoms with Crippen molar-refractivity contribution in [1.82, 2.24) is 5.32 Å². The minimum Gasteiger partial charge on any atom is -0.444 e. The molecule has 1 aromatic carbocycles. The lowest BCUT2D eigenvalue weighted by Crippen LogP contribution is -2.27. The predicted molar refractivity (Wildman–Crippen MR) is 82.9 cm³/mol. The molecule has 0 aliphatic carbocycles. The molecular formula is C14H21BrN2O3. The molecule has 1 amide bonds. The molecule has 0 aliphatic heterocycles. The summed E-state index contributed by atoms with van der Waals surface area (Å²) >= 11 is 3.36. The number of hydrogen-bond donors (Lipinski definition) is 3. The second-order valence-electron chi connectivity index (χ2n) is 5.44. The van der Waals surface area contributed by atoms with E-state index < -0.39 is 17.8 Å². The molecule has 1 rings (SSSR count). The zero-order chi connectivity index (χ0) is 15.3. The molecule has 0 heterocycles. The zero-order valence-corrected chi connectivity index (χ0v) is 13.7. The highest BCUT2D eigenvalue weighted by molar-refractivity contribution is 9.10. The Morgan fingerprint density at radius 2 is 2.10 bits per heavy atom. The van der Waals surface area contributed by atoms with Gasteiger partial charge in [-0.2, -0.15) is 0 Å². The fraction of sp³-hybridized carbons (Fsp3) is 0.500. The van der Waals surface area contributed by atoms with Gasteiger partial charge in [-0.3, -0.25) is 5.32 Å². The van der Waals surface area contributed by atoms with Crippen molar-refractivity contribution in [3.8, 4) is 0 Å². The fourth-order valence-corrected chi connectivity index (χ4v) is 1.92. The van der Waals surface area contributed by atoms with Crippen LogP contribution in [-0.4, -0.2) is 30.4 Å². The van der Waals surface area contributed by atoms with E-state index in [4.69, 9.17) is 4.74 Å². The quantitative estimate of drug-likeness (QED) is 0.784. The lowest BCUT2D eigenvalue weighted by Gasteiger charge is -2.20. The van der Waals surface area contributed by atoms with E-state index in [1.165, 1.54) is 0 Å². The summed E-state index contributed by atoms with van der Waals surface area (Å²) in [5.41, 5.74) is 0.723. The molecule has 0 bridgehead atoms. The van der Waals surface area contributed by atoms with Crippen LogP contribution in [0.25, 0.3) is 0 Å². The van der Waals surface area contributed by atoms with Gasteiger partial charge in [0.15, 0.2) is 0 Å². The van der Waals surface area contributed by atoms with Crippen molar-refractivity contribution in [2.24, 2.45) is 0 Å².